The Morgan fingerprint density at radius 1 is 1.16 bits per heavy atom. The van der Waals surface area contributed by atoms with Crippen molar-refractivity contribution in [1.82, 2.24) is 19.9 Å². The van der Waals surface area contributed by atoms with Crippen LogP contribution in [0.5, 0.6) is 5.75 Å². The van der Waals surface area contributed by atoms with Crippen LogP contribution in [0.3, 0.4) is 0 Å². The van der Waals surface area contributed by atoms with Crippen molar-refractivity contribution in [2.45, 2.75) is 59.2 Å². The standard InChI is InChI=1S/C31H36N4O3/c1-6-25-18-35(16-23-9-7-8-10-28(23)38-25)17-24-15-22(12-11-19(24)2)29(21(4)31(36)37)26-13-14-27-30(20(26)3)32-33-34(27)5/h7-15,21,25,29H,6,16-18H2,1-5H3,(H,36,37)/t21-,25?,29+/m1/s1. The van der Waals surface area contributed by atoms with Gasteiger partial charge in [-0.2, -0.15) is 0 Å². The van der Waals surface area contributed by atoms with Crippen molar-refractivity contribution in [2.75, 3.05) is 6.54 Å². The Bertz CT molecular complexity index is 1480. The lowest BCUT2D eigenvalue weighted by Gasteiger charge is -2.27. The summed E-state index contributed by atoms with van der Waals surface area (Å²) in [4.78, 5) is 14.7. The third-order valence-electron chi connectivity index (χ3n) is 8.01. The SMILES string of the molecule is CCC1CN(Cc2cc([C@@H](c3ccc4c(nnn4C)c3C)[C@@H](C)C(=O)O)ccc2C)Cc2ccccc2O1. The average molecular weight is 513 g/mol. The predicted molar refractivity (Wildman–Crippen MR) is 148 cm³/mol. The molecule has 7 nitrogen and oxygen atoms in total. The number of carboxylic acid groups (broad SMARTS) is 1. The zero-order valence-corrected chi connectivity index (χ0v) is 22.8. The number of nitrogens with zero attached hydrogens (tertiary/aromatic N) is 4. The number of fused-ring (bicyclic) bond motifs is 2. The van der Waals surface area contributed by atoms with Crippen molar-refractivity contribution in [3.63, 3.8) is 0 Å². The van der Waals surface area contributed by atoms with E-state index >= 15 is 0 Å². The summed E-state index contributed by atoms with van der Waals surface area (Å²) in [6.45, 7) is 10.5. The number of hydrogen-bond acceptors (Lipinski definition) is 5. The molecule has 4 aromatic rings. The van der Waals surface area contributed by atoms with Gasteiger partial charge < -0.3 is 9.84 Å². The van der Waals surface area contributed by atoms with Crippen LogP contribution in [-0.4, -0.2) is 43.6 Å². The molecule has 3 aromatic carbocycles. The fourth-order valence-electron chi connectivity index (χ4n) is 5.65. The molecule has 1 N–H and O–H groups in total. The number of aliphatic carboxylic acids is 1. The Labute approximate surface area is 224 Å². The normalized spacial score (nSPS) is 17.4. The Kier molecular flexibility index (Phi) is 7.21. The molecule has 198 valence electrons. The number of carboxylic acids is 1. The van der Waals surface area contributed by atoms with Crippen LogP contribution in [0.15, 0.2) is 54.6 Å². The van der Waals surface area contributed by atoms with Gasteiger partial charge in [-0.05, 0) is 60.2 Å². The van der Waals surface area contributed by atoms with E-state index in [0.717, 1.165) is 59.5 Å². The van der Waals surface area contributed by atoms with E-state index in [2.05, 4.69) is 65.5 Å². The number of aryl methyl sites for hydroxylation is 3. The molecule has 5 rings (SSSR count). The van der Waals surface area contributed by atoms with Gasteiger partial charge in [-0.15, -0.1) is 5.10 Å². The zero-order chi connectivity index (χ0) is 27.0. The lowest BCUT2D eigenvalue weighted by atomic mass is 9.79. The first-order chi connectivity index (χ1) is 18.3. The molecule has 1 aliphatic heterocycles. The summed E-state index contributed by atoms with van der Waals surface area (Å²) in [7, 11) is 1.87. The quantitative estimate of drug-likeness (QED) is 0.347. The van der Waals surface area contributed by atoms with Crippen LogP contribution < -0.4 is 4.74 Å². The molecule has 3 atom stereocenters. The van der Waals surface area contributed by atoms with Crippen molar-refractivity contribution in [1.29, 1.82) is 0 Å². The van der Waals surface area contributed by atoms with Gasteiger partial charge in [-0.25, -0.2) is 4.68 Å². The van der Waals surface area contributed by atoms with Crippen molar-refractivity contribution in [3.05, 3.63) is 88.0 Å². The highest BCUT2D eigenvalue weighted by Crippen LogP contribution is 2.37. The molecule has 7 heteroatoms. The van der Waals surface area contributed by atoms with E-state index in [0.29, 0.717) is 0 Å². The van der Waals surface area contributed by atoms with Crippen molar-refractivity contribution in [3.8, 4) is 5.75 Å². The van der Waals surface area contributed by atoms with E-state index in [1.807, 2.05) is 32.2 Å². The Morgan fingerprint density at radius 3 is 2.71 bits per heavy atom. The lowest BCUT2D eigenvalue weighted by Crippen LogP contribution is -2.32. The molecule has 0 fully saturated rings. The van der Waals surface area contributed by atoms with E-state index in [4.69, 9.17) is 4.74 Å². The first-order valence-electron chi connectivity index (χ1n) is 13.3. The van der Waals surface area contributed by atoms with Crippen LogP contribution in [0.2, 0.25) is 0 Å². The zero-order valence-electron chi connectivity index (χ0n) is 22.8. The Morgan fingerprint density at radius 2 is 1.95 bits per heavy atom. The maximum absolute atomic E-state index is 12.3. The molecule has 0 spiro atoms. The van der Waals surface area contributed by atoms with Crippen LogP contribution in [0.4, 0.5) is 0 Å². The van der Waals surface area contributed by atoms with Crippen molar-refractivity contribution in [2.24, 2.45) is 13.0 Å². The lowest BCUT2D eigenvalue weighted by molar-refractivity contribution is -0.141. The fourth-order valence-corrected chi connectivity index (χ4v) is 5.65. The van der Waals surface area contributed by atoms with Crippen molar-refractivity contribution < 1.29 is 14.6 Å². The highest BCUT2D eigenvalue weighted by Gasteiger charge is 2.30. The number of para-hydroxylation sites is 1. The van der Waals surface area contributed by atoms with Gasteiger partial charge in [0, 0.05) is 38.2 Å². The molecule has 1 aliphatic rings. The summed E-state index contributed by atoms with van der Waals surface area (Å²) < 4.78 is 8.06. The van der Waals surface area contributed by atoms with Crippen LogP contribution in [0.1, 0.15) is 59.6 Å². The topological polar surface area (TPSA) is 80.5 Å². The molecule has 0 amide bonds. The van der Waals surface area contributed by atoms with Gasteiger partial charge in [0.2, 0.25) is 0 Å². The number of hydrogen-bond donors (Lipinski definition) is 1. The molecule has 0 saturated heterocycles. The van der Waals surface area contributed by atoms with Crippen LogP contribution in [0, 0.1) is 19.8 Å². The molecule has 0 aliphatic carbocycles. The summed E-state index contributed by atoms with van der Waals surface area (Å²) in [5.74, 6) is -0.767. The third-order valence-corrected chi connectivity index (χ3v) is 8.01. The smallest absolute Gasteiger partial charge is 0.307 e. The number of aromatic nitrogens is 3. The maximum Gasteiger partial charge on any atom is 0.307 e. The Hall–Kier alpha value is -3.71. The van der Waals surface area contributed by atoms with Gasteiger partial charge in [0.15, 0.2) is 0 Å². The summed E-state index contributed by atoms with van der Waals surface area (Å²) >= 11 is 0. The number of ether oxygens (including phenoxy) is 1. The first-order valence-corrected chi connectivity index (χ1v) is 13.3. The first kappa shape index (κ1) is 25.9. The molecular weight excluding hydrogens is 476 g/mol. The summed E-state index contributed by atoms with van der Waals surface area (Å²) in [6, 6.07) is 18.7. The monoisotopic (exact) mass is 512 g/mol. The number of carbonyl (C=O) groups is 1. The van der Waals surface area contributed by atoms with Gasteiger partial charge in [0.1, 0.15) is 17.4 Å². The van der Waals surface area contributed by atoms with E-state index in [-0.39, 0.29) is 12.0 Å². The molecule has 0 saturated carbocycles. The van der Waals surface area contributed by atoms with E-state index in [1.165, 1.54) is 16.7 Å². The molecule has 0 radical (unpaired) electrons. The van der Waals surface area contributed by atoms with Gasteiger partial charge in [-0.3, -0.25) is 9.69 Å². The number of benzene rings is 3. The molecule has 38 heavy (non-hydrogen) atoms. The third kappa shape index (κ3) is 4.90. The minimum atomic E-state index is -0.817. The van der Waals surface area contributed by atoms with Gasteiger partial charge in [-0.1, -0.05) is 61.5 Å². The summed E-state index contributed by atoms with van der Waals surface area (Å²) in [5, 5.41) is 18.6. The minimum Gasteiger partial charge on any atom is -0.489 e. The second-order valence-corrected chi connectivity index (χ2v) is 10.6. The van der Waals surface area contributed by atoms with Crippen LogP contribution in [-0.2, 0) is 24.9 Å². The van der Waals surface area contributed by atoms with Gasteiger partial charge in [0.05, 0.1) is 11.4 Å². The second-order valence-electron chi connectivity index (χ2n) is 10.6. The fraction of sp³-hybridized carbons (Fsp3) is 0.387. The van der Waals surface area contributed by atoms with Crippen LogP contribution >= 0.6 is 0 Å². The predicted octanol–water partition coefficient (Wildman–Crippen LogP) is 5.61. The minimum absolute atomic E-state index is 0.128. The number of rotatable bonds is 7. The van der Waals surface area contributed by atoms with Gasteiger partial charge in [0.25, 0.3) is 0 Å². The highest BCUT2D eigenvalue weighted by molar-refractivity contribution is 5.80. The average Bonchev–Trinajstić information content (AvgIpc) is 3.18. The van der Waals surface area contributed by atoms with E-state index in [1.54, 1.807) is 11.6 Å². The molecular formula is C31H36N4O3. The second kappa shape index (κ2) is 10.6. The molecule has 0 bridgehead atoms. The van der Waals surface area contributed by atoms with Crippen molar-refractivity contribution >= 4 is 17.0 Å². The molecule has 1 aromatic heterocycles. The highest BCUT2D eigenvalue weighted by atomic mass is 16.5. The molecule has 1 unspecified atom stereocenters. The Balaban J connectivity index is 1.53. The summed E-state index contributed by atoms with van der Waals surface area (Å²) in [5.41, 5.74) is 8.31. The van der Waals surface area contributed by atoms with Crippen LogP contribution in [0.25, 0.3) is 11.0 Å². The van der Waals surface area contributed by atoms with E-state index in [9.17, 15) is 9.90 Å². The largest absolute Gasteiger partial charge is 0.489 e. The van der Waals surface area contributed by atoms with Gasteiger partial charge >= 0.3 is 5.97 Å². The maximum atomic E-state index is 12.3. The molecule has 2 heterocycles. The van der Waals surface area contributed by atoms with E-state index < -0.39 is 11.9 Å². The summed E-state index contributed by atoms with van der Waals surface area (Å²) in [6.07, 6.45) is 1.06.